The minimum absolute atomic E-state index is 0.122. The summed E-state index contributed by atoms with van der Waals surface area (Å²) in [6.07, 6.45) is 0. The van der Waals surface area contributed by atoms with Crippen LogP contribution in [0.5, 0.6) is 0 Å². The van der Waals surface area contributed by atoms with Gasteiger partial charge < -0.3 is 5.32 Å². The molecule has 0 aliphatic rings. The standard InChI is InChI=1S/C17H18BrClFN/c1-3-21-17(11(2)12-7-5-4-6-8-12)13-9-15(19)14(18)10-16(13)20/h4-11,17,21H,3H2,1-2H3. The van der Waals surface area contributed by atoms with Crippen LogP contribution in [0.2, 0.25) is 5.02 Å². The van der Waals surface area contributed by atoms with Crippen LogP contribution >= 0.6 is 27.5 Å². The molecule has 0 spiro atoms. The lowest BCUT2D eigenvalue weighted by atomic mass is 9.88. The van der Waals surface area contributed by atoms with Gasteiger partial charge in [-0.25, -0.2) is 4.39 Å². The molecule has 0 saturated carbocycles. The summed E-state index contributed by atoms with van der Waals surface area (Å²) >= 11 is 9.40. The SMILES string of the molecule is CCNC(c1cc(Cl)c(Br)cc1F)C(C)c1ccccc1. The maximum Gasteiger partial charge on any atom is 0.129 e. The highest BCUT2D eigenvalue weighted by atomic mass is 79.9. The van der Waals surface area contributed by atoms with Crippen molar-refractivity contribution in [1.82, 2.24) is 5.32 Å². The van der Waals surface area contributed by atoms with Crippen LogP contribution in [0, 0.1) is 5.82 Å². The molecule has 0 aliphatic carbocycles. The van der Waals surface area contributed by atoms with Crippen molar-refractivity contribution in [2.45, 2.75) is 25.8 Å². The molecule has 0 amide bonds. The zero-order chi connectivity index (χ0) is 15.4. The molecule has 0 bridgehead atoms. The molecule has 2 aromatic rings. The Hall–Kier alpha value is -0.900. The molecule has 2 aromatic carbocycles. The van der Waals surface area contributed by atoms with Crippen LogP contribution in [0.15, 0.2) is 46.9 Å². The number of hydrogen-bond acceptors (Lipinski definition) is 1. The molecule has 0 aliphatic heterocycles. The van der Waals surface area contributed by atoms with Crippen LogP contribution in [-0.2, 0) is 0 Å². The quantitative estimate of drug-likeness (QED) is 0.666. The van der Waals surface area contributed by atoms with E-state index in [2.05, 4.69) is 40.3 Å². The smallest absolute Gasteiger partial charge is 0.129 e. The summed E-state index contributed by atoms with van der Waals surface area (Å²) in [5.74, 6) is -0.113. The van der Waals surface area contributed by atoms with E-state index in [0.29, 0.717) is 15.1 Å². The first-order valence-corrected chi connectivity index (χ1v) is 8.14. The van der Waals surface area contributed by atoms with Gasteiger partial charge in [0.2, 0.25) is 0 Å². The third kappa shape index (κ3) is 3.85. The van der Waals surface area contributed by atoms with Gasteiger partial charge in [0.15, 0.2) is 0 Å². The Bertz CT molecular complexity index is 603. The normalized spacial score (nSPS) is 14.0. The van der Waals surface area contributed by atoms with Crippen LogP contribution in [0.1, 0.15) is 36.9 Å². The van der Waals surface area contributed by atoms with Crippen molar-refractivity contribution < 1.29 is 4.39 Å². The van der Waals surface area contributed by atoms with Gasteiger partial charge >= 0.3 is 0 Å². The lowest BCUT2D eigenvalue weighted by Crippen LogP contribution is -2.26. The average molecular weight is 371 g/mol. The number of hydrogen-bond donors (Lipinski definition) is 1. The van der Waals surface area contributed by atoms with Crippen LogP contribution < -0.4 is 5.32 Å². The van der Waals surface area contributed by atoms with Gasteiger partial charge in [0.25, 0.3) is 0 Å². The summed E-state index contributed by atoms with van der Waals surface area (Å²) in [6.45, 7) is 4.87. The predicted octanol–water partition coefficient (Wildman–Crippen LogP) is 5.70. The van der Waals surface area contributed by atoms with Crippen LogP contribution in [0.3, 0.4) is 0 Å². The summed E-state index contributed by atoms with van der Waals surface area (Å²) < 4.78 is 14.9. The third-order valence-corrected chi connectivity index (χ3v) is 4.82. The monoisotopic (exact) mass is 369 g/mol. The second-order valence-corrected chi connectivity index (χ2v) is 6.28. The topological polar surface area (TPSA) is 12.0 Å². The van der Waals surface area contributed by atoms with Gasteiger partial charge in [-0.3, -0.25) is 0 Å². The molecule has 2 rings (SSSR count). The van der Waals surface area contributed by atoms with Gasteiger partial charge in [-0.2, -0.15) is 0 Å². The molecule has 2 unspecified atom stereocenters. The van der Waals surface area contributed by atoms with Crippen molar-refractivity contribution in [2.75, 3.05) is 6.54 Å². The second kappa shape index (κ2) is 7.39. The first kappa shape index (κ1) is 16.5. The van der Waals surface area contributed by atoms with Crippen molar-refractivity contribution in [2.24, 2.45) is 0 Å². The fourth-order valence-corrected chi connectivity index (χ4v) is 2.99. The van der Waals surface area contributed by atoms with E-state index in [1.165, 1.54) is 11.6 Å². The first-order valence-electron chi connectivity index (χ1n) is 6.97. The minimum Gasteiger partial charge on any atom is -0.310 e. The highest BCUT2D eigenvalue weighted by Gasteiger charge is 2.23. The van der Waals surface area contributed by atoms with Crippen LogP contribution in [-0.4, -0.2) is 6.54 Å². The largest absolute Gasteiger partial charge is 0.310 e. The van der Waals surface area contributed by atoms with Gasteiger partial charge in [-0.15, -0.1) is 0 Å². The van der Waals surface area contributed by atoms with Gasteiger partial charge in [-0.1, -0.05) is 55.8 Å². The summed E-state index contributed by atoms with van der Waals surface area (Å²) in [4.78, 5) is 0. The van der Waals surface area contributed by atoms with Gasteiger partial charge in [0.1, 0.15) is 5.82 Å². The van der Waals surface area contributed by atoms with Crippen LogP contribution in [0.25, 0.3) is 0 Å². The molecule has 4 heteroatoms. The highest BCUT2D eigenvalue weighted by Crippen LogP contribution is 2.35. The molecular formula is C17H18BrClFN. The van der Waals surface area contributed by atoms with Gasteiger partial charge in [0.05, 0.1) is 5.02 Å². The van der Waals surface area contributed by atoms with E-state index >= 15 is 0 Å². The molecule has 0 radical (unpaired) electrons. The third-order valence-electron chi connectivity index (χ3n) is 3.62. The van der Waals surface area contributed by atoms with Crippen molar-refractivity contribution in [3.05, 3.63) is 68.9 Å². The van der Waals surface area contributed by atoms with Crippen molar-refractivity contribution in [1.29, 1.82) is 0 Å². The summed E-state index contributed by atoms with van der Waals surface area (Å²) in [5.41, 5.74) is 1.77. The molecule has 21 heavy (non-hydrogen) atoms. The van der Waals surface area contributed by atoms with Crippen LogP contribution in [0.4, 0.5) is 4.39 Å². The molecule has 1 N–H and O–H groups in total. The van der Waals surface area contributed by atoms with E-state index < -0.39 is 0 Å². The maximum absolute atomic E-state index is 14.4. The van der Waals surface area contributed by atoms with E-state index in [0.717, 1.165) is 6.54 Å². The molecule has 2 atom stereocenters. The average Bonchev–Trinajstić information content (AvgIpc) is 2.49. The Kier molecular flexibility index (Phi) is 5.80. The molecule has 0 saturated heterocycles. The van der Waals surface area contributed by atoms with Crippen molar-refractivity contribution >= 4 is 27.5 Å². The zero-order valence-electron chi connectivity index (χ0n) is 12.0. The van der Waals surface area contributed by atoms with E-state index in [1.54, 1.807) is 6.07 Å². The number of halogens is 3. The Balaban J connectivity index is 2.42. The lowest BCUT2D eigenvalue weighted by molar-refractivity contribution is 0.455. The first-order chi connectivity index (χ1) is 10.0. The molecule has 0 heterocycles. The molecule has 0 fully saturated rings. The van der Waals surface area contributed by atoms with E-state index in [4.69, 9.17) is 11.6 Å². The predicted molar refractivity (Wildman–Crippen MR) is 90.4 cm³/mol. The fourth-order valence-electron chi connectivity index (χ4n) is 2.50. The Morgan fingerprint density at radius 3 is 2.52 bits per heavy atom. The Morgan fingerprint density at radius 1 is 1.24 bits per heavy atom. The van der Waals surface area contributed by atoms with Crippen molar-refractivity contribution in [3.8, 4) is 0 Å². The van der Waals surface area contributed by atoms with E-state index in [9.17, 15) is 4.39 Å². The maximum atomic E-state index is 14.4. The van der Waals surface area contributed by atoms with Gasteiger partial charge in [-0.05, 0) is 40.2 Å². The minimum atomic E-state index is -0.250. The molecule has 1 nitrogen and oxygen atoms in total. The lowest BCUT2D eigenvalue weighted by Gasteiger charge is -2.26. The molecule has 112 valence electrons. The summed E-state index contributed by atoms with van der Waals surface area (Å²) in [5, 5.41) is 3.89. The molecule has 0 aromatic heterocycles. The number of rotatable bonds is 5. The fraction of sp³-hybridized carbons (Fsp3) is 0.294. The second-order valence-electron chi connectivity index (χ2n) is 5.02. The number of nitrogens with one attached hydrogen (secondary N) is 1. The zero-order valence-corrected chi connectivity index (χ0v) is 14.4. The van der Waals surface area contributed by atoms with E-state index in [-0.39, 0.29) is 17.8 Å². The van der Waals surface area contributed by atoms with Gasteiger partial charge in [0, 0.05) is 22.0 Å². The van der Waals surface area contributed by atoms with Crippen molar-refractivity contribution in [3.63, 3.8) is 0 Å². The summed E-state index contributed by atoms with van der Waals surface area (Å²) in [7, 11) is 0. The number of likely N-dealkylation sites (N-methyl/N-ethyl adjacent to an activating group) is 1. The highest BCUT2D eigenvalue weighted by molar-refractivity contribution is 9.10. The van der Waals surface area contributed by atoms with E-state index in [1.807, 2.05) is 25.1 Å². The Morgan fingerprint density at radius 2 is 1.90 bits per heavy atom. The number of benzene rings is 2. The molecular weight excluding hydrogens is 353 g/mol. The summed E-state index contributed by atoms with van der Waals surface area (Å²) in [6, 6.07) is 13.1. The Labute approximate surface area is 138 Å².